The van der Waals surface area contributed by atoms with Crippen molar-refractivity contribution in [3.05, 3.63) is 88.7 Å². The molecule has 1 fully saturated rings. The molecule has 7 heteroatoms. The van der Waals surface area contributed by atoms with E-state index in [0.717, 1.165) is 24.0 Å². The molecule has 1 aromatic heterocycles. The summed E-state index contributed by atoms with van der Waals surface area (Å²) in [4.78, 5) is 15.4. The molecule has 0 bridgehead atoms. The largest absolute Gasteiger partial charge is 0.350 e. The van der Waals surface area contributed by atoms with Crippen LogP contribution in [0, 0.1) is 13.8 Å². The summed E-state index contributed by atoms with van der Waals surface area (Å²) in [6, 6.07) is 19.5. The molecule has 0 saturated carbocycles. The van der Waals surface area contributed by atoms with Gasteiger partial charge in [0, 0.05) is 44.6 Å². The van der Waals surface area contributed by atoms with E-state index in [-0.39, 0.29) is 17.3 Å². The van der Waals surface area contributed by atoms with E-state index in [9.17, 15) is 13.2 Å². The second-order valence-corrected chi connectivity index (χ2v) is 10.9. The monoisotopic (exact) mass is 479 g/mol. The van der Waals surface area contributed by atoms with Gasteiger partial charge in [-0.25, -0.2) is 8.42 Å². The van der Waals surface area contributed by atoms with Crippen LogP contribution in [-0.2, 0) is 30.0 Å². The Labute approximate surface area is 202 Å². The van der Waals surface area contributed by atoms with Crippen LogP contribution in [0.5, 0.6) is 0 Å². The van der Waals surface area contributed by atoms with Crippen LogP contribution < -0.4 is 0 Å². The van der Waals surface area contributed by atoms with E-state index >= 15 is 0 Å². The van der Waals surface area contributed by atoms with E-state index in [0.29, 0.717) is 43.0 Å². The first-order valence-corrected chi connectivity index (χ1v) is 13.3. The quantitative estimate of drug-likeness (QED) is 0.484. The van der Waals surface area contributed by atoms with Gasteiger partial charge in [0.1, 0.15) is 4.90 Å². The molecule has 0 spiro atoms. The highest BCUT2D eigenvalue weighted by Crippen LogP contribution is 2.32. The topological polar surface area (TPSA) is 62.6 Å². The Kier molecular flexibility index (Phi) is 7.24. The summed E-state index contributed by atoms with van der Waals surface area (Å²) >= 11 is 0. The Hall–Kier alpha value is -2.90. The van der Waals surface area contributed by atoms with Crippen molar-refractivity contribution >= 4 is 15.9 Å². The fourth-order valence-corrected chi connectivity index (χ4v) is 6.57. The minimum absolute atomic E-state index is 0.147. The third-order valence-corrected chi connectivity index (χ3v) is 8.83. The molecule has 0 atom stereocenters. The average Bonchev–Trinajstić information content (AvgIpc) is 3.46. The first-order chi connectivity index (χ1) is 16.3. The normalized spacial score (nSPS) is 14.2. The molecule has 0 radical (unpaired) electrons. The van der Waals surface area contributed by atoms with Gasteiger partial charge >= 0.3 is 0 Å². The first kappa shape index (κ1) is 24.2. The first-order valence-electron chi connectivity index (χ1n) is 11.8. The molecule has 1 amide bonds. The lowest BCUT2D eigenvalue weighted by molar-refractivity contribution is 0.0788. The van der Waals surface area contributed by atoms with Gasteiger partial charge in [-0.15, -0.1) is 0 Å². The van der Waals surface area contributed by atoms with Crippen molar-refractivity contribution in [3.8, 4) is 0 Å². The molecule has 4 rings (SSSR count). The summed E-state index contributed by atoms with van der Waals surface area (Å²) < 4.78 is 31.8. The molecule has 2 aromatic carbocycles. The van der Waals surface area contributed by atoms with Crippen LogP contribution in [0.3, 0.4) is 0 Å². The van der Waals surface area contributed by atoms with Crippen molar-refractivity contribution in [3.63, 3.8) is 0 Å². The third-order valence-electron chi connectivity index (χ3n) is 6.82. The highest BCUT2D eigenvalue weighted by molar-refractivity contribution is 7.89. The molecule has 180 valence electrons. The van der Waals surface area contributed by atoms with E-state index in [1.807, 2.05) is 79.2 Å². The molecule has 1 aliphatic heterocycles. The molecular formula is C27H33N3O3S. The molecule has 0 N–H and O–H groups in total. The number of likely N-dealkylation sites (tertiary alicyclic amines) is 1. The van der Waals surface area contributed by atoms with Crippen LogP contribution in [-0.4, -0.2) is 47.7 Å². The van der Waals surface area contributed by atoms with Crippen molar-refractivity contribution in [2.75, 3.05) is 19.6 Å². The molecule has 2 heterocycles. The number of carbonyl (C=O) groups is 1. The zero-order valence-corrected chi connectivity index (χ0v) is 21.0. The summed E-state index contributed by atoms with van der Waals surface area (Å²) in [5.74, 6) is -0.181. The maximum absolute atomic E-state index is 14.2. The summed E-state index contributed by atoms with van der Waals surface area (Å²) in [5.41, 5.74) is 3.59. The second-order valence-electron chi connectivity index (χ2n) is 8.99. The van der Waals surface area contributed by atoms with Gasteiger partial charge in [-0.1, -0.05) is 60.7 Å². The molecule has 0 unspecified atom stereocenters. The number of sulfonamides is 1. The molecular weight excluding hydrogens is 446 g/mol. The van der Waals surface area contributed by atoms with Gasteiger partial charge in [0.15, 0.2) is 0 Å². The summed E-state index contributed by atoms with van der Waals surface area (Å²) in [7, 11) is -2.11. The van der Waals surface area contributed by atoms with Crippen LogP contribution in [0.25, 0.3) is 0 Å². The van der Waals surface area contributed by atoms with Crippen LogP contribution in [0.15, 0.2) is 65.6 Å². The highest BCUT2D eigenvalue weighted by Gasteiger charge is 2.36. The van der Waals surface area contributed by atoms with Crippen molar-refractivity contribution in [2.24, 2.45) is 7.05 Å². The van der Waals surface area contributed by atoms with Gasteiger partial charge in [-0.3, -0.25) is 4.79 Å². The van der Waals surface area contributed by atoms with Crippen LogP contribution >= 0.6 is 0 Å². The summed E-state index contributed by atoms with van der Waals surface area (Å²) in [6.45, 7) is 5.55. The van der Waals surface area contributed by atoms with Gasteiger partial charge < -0.3 is 9.47 Å². The van der Waals surface area contributed by atoms with Gasteiger partial charge in [0.05, 0.1) is 5.56 Å². The Morgan fingerprint density at radius 3 is 2.03 bits per heavy atom. The van der Waals surface area contributed by atoms with Gasteiger partial charge in [0.25, 0.3) is 5.91 Å². The lowest BCUT2D eigenvalue weighted by Gasteiger charge is -2.24. The molecule has 1 saturated heterocycles. The smallest absolute Gasteiger partial charge is 0.257 e. The number of hydrogen-bond donors (Lipinski definition) is 0. The van der Waals surface area contributed by atoms with E-state index in [1.54, 1.807) is 11.8 Å². The van der Waals surface area contributed by atoms with Gasteiger partial charge in [0.2, 0.25) is 10.0 Å². The minimum Gasteiger partial charge on any atom is -0.350 e. The van der Waals surface area contributed by atoms with E-state index in [2.05, 4.69) is 0 Å². The predicted octanol–water partition coefficient (Wildman–Crippen LogP) is 4.31. The Morgan fingerprint density at radius 1 is 0.882 bits per heavy atom. The summed E-state index contributed by atoms with van der Waals surface area (Å²) in [6.07, 6.45) is 2.50. The van der Waals surface area contributed by atoms with Gasteiger partial charge in [-0.05, 0) is 44.2 Å². The standard InChI is InChI=1S/C27H33N3O3S/c1-21-25(27(31)29-17-10-11-18-29)26(22(2)28(21)3)34(32,33)30(20-24-14-8-5-9-15-24)19-16-23-12-6-4-7-13-23/h4-9,12-15H,10-11,16-20H2,1-3H3. The number of carbonyl (C=O) groups excluding carboxylic acids is 1. The fraction of sp³-hybridized carbons (Fsp3) is 0.370. The molecule has 0 aliphatic carbocycles. The molecule has 3 aromatic rings. The summed E-state index contributed by atoms with van der Waals surface area (Å²) in [5, 5.41) is 0. The average molecular weight is 480 g/mol. The zero-order chi connectivity index (χ0) is 24.3. The van der Waals surface area contributed by atoms with Crippen molar-refractivity contribution in [2.45, 2.75) is 44.6 Å². The Morgan fingerprint density at radius 2 is 1.44 bits per heavy atom. The maximum atomic E-state index is 14.2. The van der Waals surface area contributed by atoms with E-state index in [4.69, 9.17) is 0 Å². The predicted molar refractivity (Wildman–Crippen MR) is 134 cm³/mol. The van der Waals surface area contributed by atoms with Gasteiger partial charge in [-0.2, -0.15) is 4.31 Å². The Balaban J connectivity index is 1.76. The lowest BCUT2D eigenvalue weighted by atomic mass is 10.1. The second kappa shape index (κ2) is 10.2. The fourth-order valence-electron chi connectivity index (χ4n) is 4.66. The van der Waals surface area contributed by atoms with E-state index in [1.165, 1.54) is 4.31 Å². The van der Waals surface area contributed by atoms with Crippen LogP contribution in [0.2, 0.25) is 0 Å². The number of hydrogen-bond acceptors (Lipinski definition) is 3. The van der Waals surface area contributed by atoms with E-state index < -0.39 is 10.0 Å². The third kappa shape index (κ3) is 4.81. The maximum Gasteiger partial charge on any atom is 0.257 e. The zero-order valence-electron chi connectivity index (χ0n) is 20.2. The number of amides is 1. The molecule has 1 aliphatic rings. The van der Waals surface area contributed by atoms with Crippen molar-refractivity contribution < 1.29 is 13.2 Å². The minimum atomic E-state index is -3.94. The SMILES string of the molecule is Cc1c(C(=O)N2CCCC2)c(S(=O)(=O)N(CCc2ccccc2)Cc2ccccc2)c(C)n1C. The lowest BCUT2D eigenvalue weighted by Crippen LogP contribution is -2.35. The van der Waals surface area contributed by atoms with Crippen LogP contribution in [0.1, 0.15) is 45.7 Å². The molecule has 6 nitrogen and oxygen atoms in total. The number of benzene rings is 2. The van der Waals surface area contributed by atoms with Crippen LogP contribution in [0.4, 0.5) is 0 Å². The van der Waals surface area contributed by atoms with Crippen molar-refractivity contribution in [1.29, 1.82) is 0 Å². The van der Waals surface area contributed by atoms with Crippen molar-refractivity contribution in [1.82, 2.24) is 13.8 Å². The number of aromatic nitrogens is 1. The Bertz CT molecular complexity index is 1250. The number of nitrogens with zero attached hydrogens (tertiary/aromatic N) is 3. The molecule has 34 heavy (non-hydrogen) atoms. The highest BCUT2D eigenvalue weighted by atomic mass is 32.2. The number of rotatable bonds is 8.